The number of ether oxygens (including phenoxy) is 3. The number of allylic oxidation sites excluding steroid dienone is 3. The monoisotopic (exact) mass is 416 g/mol. The second kappa shape index (κ2) is 9.96. The van der Waals surface area contributed by atoms with Crippen molar-refractivity contribution in [1.29, 1.82) is 0 Å². The molecule has 0 saturated carbocycles. The zero-order valence-electron chi connectivity index (χ0n) is 18.1. The minimum Gasteiger partial charge on any atom is -0.496 e. The molecule has 2 rings (SSSR count). The highest BCUT2D eigenvalue weighted by Crippen LogP contribution is 2.42. The second-order valence-electron chi connectivity index (χ2n) is 7.35. The van der Waals surface area contributed by atoms with Crippen LogP contribution in [-0.4, -0.2) is 42.0 Å². The average molecular weight is 416 g/mol. The van der Waals surface area contributed by atoms with E-state index in [9.17, 15) is 15.2 Å². The molecule has 2 N–H and O–H groups in total. The summed E-state index contributed by atoms with van der Waals surface area (Å²) < 4.78 is 17.0. The van der Waals surface area contributed by atoms with Gasteiger partial charge in [-0.3, -0.25) is 4.79 Å². The highest BCUT2D eigenvalue weighted by atomic mass is 16.5. The molecule has 8 nitrogen and oxygen atoms in total. The Hall–Kier alpha value is -3.29. The van der Waals surface area contributed by atoms with E-state index in [1.807, 2.05) is 19.9 Å². The van der Waals surface area contributed by atoms with E-state index in [0.29, 0.717) is 34.6 Å². The van der Waals surface area contributed by atoms with E-state index >= 15 is 0 Å². The summed E-state index contributed by atoms with van der Waals surface area (Å²) in [7, 11) is 2.94. The number of carbonyl (C=O) groups is 1. The lowest BCUT2D eigenvalue weighted by Crippen LogP contribution is -2.21. The standard InChI is InChI=1S/C22H28N2O6/c1-12(2)7-10-17(30-22(25)13(3)4)14-11-18(28-5)19-15(23-26)8-9-16(24-27)20(19)21(14)29-6/h7-9,11,13,17,26-27H,10H2,1-6H3/b23-15+,24-16+/t17-/m0/s1. The van der Waals surface area contributed by atoms with E-state index in [0.717, 1.165) is 5.57 Å². The van der Waals surface area contributed by atoms with Crippen molar-refractivity contribution in [2.45, 2.75) is 40.2 Å². The van der Waals surface area contributed by atoms with Crippen LogP contribution in [0, 0.1) is 5.92 Å². The number of nitrogens with zero attached hydrogens (tertiary/aromatic N) is 2. The lowest BCUT2D eigenvalue weighted by molar-refractivity contribution is -0.153. The van der Waals surface area contributed by atoms with Crippen LogP contribution in [0.25, 0.3) is 0 Å². The molecule has 0 fully saturated rings. The minimum absolute atomic E-state index is 0.200. The average Bonchev–Trinajstić information content (AvgIpc) is 2.73. The highest BCUT2D eigenvalue weighted by Gasteiger charge is 2.32. The SMILES string of the molecule is COc1cc([C@H](CC=C(C)C)OC(=O)C(C)C)c(OC)c2c1/C(=N/O)C=C/C2=N\O. The lowest BCUT2D eigenvalue weighted by atomic mass is 9.88. The van der Waals surface area contributed by atoms with Gasteiger partial charge in [0.2, 0.25) is 0 Å². The quantitative estimate of drug-likeness (QED) is 0.298. The fourth-order valence-electron chi connectivity index (χ4n) is 3.13. The van der Waals surface area contributed by atoms with Gasteiger partial charge in [-0.1, -0.05) is 35.8 Å². The molecule has 1 aliphatic rings. The third-order valence-electron chi connectivity index (χ3n) is 4.64. The number of fused-ring (bicyclic) bond motifs is 1. The van der Waals surface area contributed by atoms with Crippen LogP contribution in [0.15, 0.2) is 40.2 Å². The molecule has 0 bridgehead atoms. The Morgan fingerprint density at radius 2 is 1.67 bits per heavy atom. The van der Waals surface area contributed by atoms with E-state index in [1.165, 1.54) is 26.4 Å². The summed E-state index contributed by atoms with van der Waals surface area (Å²) in [5, 5.41) is 25.6. The number of hydrogen-bond acceptors (Lipinski definition) is 8. The molecule has 30 heavy (non-hydrogen) atoms. The molecule has 0 amide bonds. The summed E-state index contributed by atoms with van der Waals surface area (Å²) in [6.07, 6.45) is 4.71. The van der Waals surface area contributed by atoms with Gasteiger partial charge >= 0.3 is 5.97 Å². The zero-order valence-corrected chi connectivity index (χ0v) is 18.1. The van der Waals surface area contributed by atoms with Crippen molar-refractivity contribution in [2.24, 2.45) is 16.2 Å². The van der Waals surface area contributed by atoms with Gasteiger partial charge in [-0.25, -0.2) is 0 Å². The summed E-state index contributed by atoms with van der Waals surface area (Å²) in [6, 6.07) is 1.69. The summed E-state index contributed by atoms with van der Waals surface area (Å²) in [5.74, 6) is 0.0412. The fourth-order valence-corrected chi connectivity index (χ4v) is 3.13. The molecule has 0 aromatic heterocycles. The van der Waals surface area contributed by atoms with Crippen molar-refractivity contribution in [3.05, 3.63) is 46.6 Å². The molecule has 0 saturated heterocycles. The Labute approximate surface area is 176 Å². The van der Waals surface area contributed by atoms with E-state index in [4.69, 9.17) is 14.2 Å². The summed E-state index contributed by atoms with van der Waals surface area (Å²) >= 11 is 0. The number of benzene rings is 1. The van der Waals surface area contributed by atoms with E-state index in [2.05, 4.69) is 10.3 Å². The number of esters is 1. The Balaban J connectivity index is 2.80. The van der Waals surface area contributed by atoms with Crippen molar-refractivity contribution in [2.75, 3.05) is 14.2 Å². The summed E-state index contributed by atoms with van der Waals surface area (Å²) in [6.45, 7) is 7.43. The second-order valence-corrected chi connectivity index (χ2v) is 7.35. The fraction of sp³-hybridized carbons (Fsp3) is 0.409. The molecule has 0 radical (unpaired) electrons. The first-order chi connectivity index (χ1) is 14.3. The number of hydrogen-bond donors (Lipinski definition) is 2. The third-order valence-corrected chi connectivity index (χ3v) is 4.64. The molecule has 0 unspecified atom stereocenters. The molecule has 0 heterocycles. The molecule has 1 aliphatic carbocycles. The van der Waals surface area contributed by atoms with Crippen molar-refractivity contribution >= 4 is 17.4 Å². The zero-order chi connectivity index (χ0) is 22.4. The van der Waals surface area contributed by atoms with Gasteiger partial charge in [0.1, 0.15) is 29.0 Å². The predicted octanol–water partition coefficient (Wildman–Crippen LogP) is 4.23. The van der Waals surface area contributed by atoms with Crippen LogP contribution < -0.4 is 9.47 Å². The Kier molecular flexibility index (Phi) is 7.63. The van der Waals surface area contributed by atoms with Gasteiger partial charge in [0.15, 0.2) is 0 Å². The maximum atomic E-state index is 12.4. The molecule has 1 aromatic carbocycles. The van der Waals surface area contributed by atoms with E-state index in [-0.39, 0.29) is 23.3 Å². The van der Waals surface area contributed by atoms with Crippen LogP contribution in [0.5, 0.6) is 11.5 Å². The van der Waals surface area contributed by atoms with Crippen molar-refractivity contribution in [3.8, 4) is 11.5 Å². The molecule has 162 valence electrons. The Morgan fingerprint density at radius 1 is 1.07 bits per heavy atom. The van der Waals surface area contributed by atoms with Crippen LogP contribution in [0.4, 0.5) is 0 Å². The van der Waals surface area contributed by atoms with Gasteiger partial charge in [0.25, 0.3) is 0 Å². The van der Waals surface area contributed by atoms with Gasteiger partial charge in [0, 0.05) is 12.0 Å². The first kappa shape index (κ1) is 23.0. The van der Waals surface area contributed by atoms with Crippen LogP contribution >= 0.6 is 0 Å². The third kappa shape index (κ3) is 4.64. The molecular weight excluding hydrogens is 388 g/mol. The van der Waals surface area contributed by atoms with Gasteiger partial charge in [-0.2, -0.15) is 0 Å². The van der Waals surface area contributed by atoms with Gasteiger partial charge < -0.3 is 24.6 Å². The smallest absolute Gasteiger partial charge is 0.308 e. The maximum absolute atomic E-state index is 12.4. The molecular formula is C22H28N2O6. The highest BCUT2D eigenvalue weighted by molar-refractivity contribution is 6.27. The van der Waals surface area contributed by atoms with Crippen LogP contribution in [-0.2, 0) is 9.53 Å². The first-order valence-electron chi connectivity index (χ1n) is 9.54. The number of methoxy groups -OCH3 is 2. The van der Waals surface area contributed by atoms with Gasteiger partial charge in [0.05, 0.1) is 31.3 Å². The summed E-state index contributed by atoms with van der Waals surface area (Å²) in [5.41, 5.74) is 2.83. The number of rotatable bonds is 7. The molecule has 8 heteroatoms. The Bertz CT molecular complexity index is 924. The number of carbonyl (C=O) groups excluding carboxylic acids is 1. The van der Waals surface area contributed by atoms with Gasteiger partial charge in [-0.15, -0.1) is 0 Å². The molecule has 0 aliphatic heterocycles. The topological polar surface area (TPSA) is 110 Å². The largest absolute Gasteiger partial charge is 0.496 e. The van der Waals surface area contributed by atoms with Crippen LogP contribution in [0.1, 0.15) is 56.9 Å². The van der Waals surface area contributed by atoms with Crippen molar-refractivity contribution < 1.29 is 29.4 Å². The van der Waals surface area contributed by atoms with Crippen molar-refractivity contribution in [3.63, 3.8) is 0 Å². The lowest BCUT2D eigenvalue weighted by Gasteiger charge is -2.26. The van der Waals surface area contributed by atoms with Crippen LogP contribution in [0.3, 0.4) is 0 Å². The normalized spacial score (nSPS) is 16.4. The molecule has 0 spiro atoms. The van der Waals surface area contributed by atoms with Gasteiger partial charge in [-0.05, 0) is 32.1 Å². The summed E-state index contributed by atoms with van der Waals surface area (Å²) in [4.78, 5) is 12.4. The van der Waals surface area contributed by atoms with E-state index in [1.54, 1.807) is 19.9 Å². The number of oxime groups is 2. The van der Waals surface area contributed by atoms with E-state index < -0.39 is 6.10 Å². The molecule has 1 atom stereocenters. The van der Waals surface area contributed by atoms with Crippen LogP contribution in [0.2, 0.25) is 0 Å². The van der Waals surface area contributed by atoms with Crippen molar-refractivity contribution in [1.82, 2.24) is 0 Å². The maximum Gasteiger partial charge on any atom is 0.308 e. The minimum atomic E-state index is -0.663. The predicted molar refractivity (Wildman–Crippen MR) is 113 cm³/mol. The molecule has 1 aromatic rings. The first-order valence-corrected chi connectivity index (χ1v) is 9.54. The Morgan fingerprint density at radius 3 is 2.13 bits per heavy atom.